The first-order valence-electron chi connectivity index (χ1n) is 5.78. The maximum Gasteiger partial charge on any atom is 0.290 e. The number of nitrogens with zero attached hydrogens (tertiary/aromatic N) is 3. The summed E-state index contributed by atoms with van der Waals surface area (Å²) in [6, 6.07) is 8.13. The molecule has 9 heteroatoms. The maximum absolute atomic E-state index is 12.5. The van der Waals surface area contributed by atoms with Crippen LogP contribution >= 0.6 is 0 Å². The third-order valence-electron chi connectivity index (χ3n) is 2.79. The van der Waals surface area contributed by atoms with Gasteiger partial charge in [0.1, 0.15) is 5.82 Å². The number of pyridine rings is 1. The van der Waals surface area contributed by atoms with E-state index in [1.165, 1.54) is 25.4 Å². The molecule has 2 aromatic rings. The monoisotopic (exact) mass is 308 g/mol. The highest BCUT2D eigenvalue weighted by Crippen LogP contribution is 2.29. The first-order valence-corrected chi connectivity index (χ1v) is 7.22. The average molecular weight is 308 g/mol. The number of aromatic nitrogens is 1. The van der Waals surface area contributed by atoms with E-state index in [0.29, 0.717) is 0 Å². The Morgan fingerprint density at radius 1 is 1.29 bits per heavy atom. The van der Waals surface area contributed by atoms with Crippen LogP contribution in [0.2, 0.25) is 0 Å². The molecule has 0 spiro atoms. The highest BCUT2D eigenvalue weighted by molar-refractivity contribution is 7.93. The van der Waals surface area contributed by atoms with Crippen LogP contribution in [0.4, 0.5) is 17.2 Å². The molecule has 1 aromatic heterocycles. The average Bonchev–Trinajstić information content (AvgIpc) is 2.47. The SMILES string of the molecule is CN(c1ccccn1)S(=O)(=O)c1cc(N)ccc1[N+](=O)[O-]. The van der Waals surface area contributed by atoms with Gasteiger partial charge in [0, 0.05) is 25.0 Å². The lowest BCUT2D eigenvalue weighted by atomic mass is 10.3. The van der Waals surface area contributed by atoms with Crippen molar-refractivity contribution in [2.24, 2.45) is 0 Å². The van der Waals surface area contributed by atoms with Gasteiger partial charge in [-0.05, 0) is 24.3 Å². The largest absolute Gasteiger partial charge is 0.399 e. The van der Waals surface area contributed by atoms with Gasteiger partial charge in [-0.3, -0.25) is 14.4 Å². The number of benzene rings is 1. The number of hydrogen-bond acceptors (Lipinski definition) is 6. The van der Waals surface area contributed by atoms with Crippen LogP contribution in [0.1, 0.15) is 0 Å². The molecule has 0 unspecified atom stereocenters. The Balaban J connectivity index is 2.59. The number of hydrogen-bond donors (Lipinski definition) is 1. The second-order valence-electron chi connectivity index (χ2n) is 4.14. The molecule has 0 amide bonds. The van der Waals surface area contributed by atoms with Gasteiger partial charge in [0.2, 0.25) is 0 Å². The maximum atomic E-state index is 12.5. The van der Waals surface area contributed by atoms with Gasteiger partial charge in [0.25, 0.3) is 15.7 Å². The summed E-state index contributed by atoms with van der Waals surface area (Å²) in [5.74, 6) is 0.147. The Hall–Kier alpha value is -2.68. The van der Waals surface area contributed by atoms with Crippen molar-refractivity contribution in [1.29, 1.82) is 0 Å². The van der Waals surface area contributed by atoms with E-state index in [0.717, 1.165) is 16.4 Å². The first kappa shape index (κ1) is 14.7. The van der Waals surface area contributed by atoms with Crippen molar-refractivity contribution < 1.29 is 13.3 Å². The third-order valence-corrected chi connectivity index (χ3v) is 4.58. The fourth-order valence-electron chi connectivity index (χ4n) is 1.70. The number of nitro groups is 1. The van der Waals surface area contributed by atoms with Crippen LogP contribution in [-0.4, -0.2) is 25.4 Å². The van der Waals surface area contributed by atoms with E-state index in [4.69, 9.17) is 5.73 Å². The molecule has 0 aliphatic heterocycles. The molecule has 2 rings (SSSR count). The quantitative estimate of drug-likeness (QED) is 0.518. The van der Waals surface area contributed by atoms with Crippen LogP contribution in [-0.2, 0) is 10.0 Å². The Morgan fingerprint density at radius 3 is 2.57 bits per heavy atom. The summed E-state index contributed by atoms with van der Waals surface area (Å²) in [5, 5.41) is 11.0. The molecule has 0 bridgehead atoms. The summed E-state index contributed by atoms with van der Waals surface area (Å²) in [5.41, 5.74) is 5.13. The van der Waals surface area contributed by atoms with Gasteiger partial charge in [0.05, 0.1) is 4.92 Å². The lowest BCUT2D eigenvalue weighted by Gasteiger charge is -2.18. The zero-order valence-electron chi connectivity index (χ0n) is 11.0. The Bertz CT molecular complexity index is 777. The van der Waals surface area contributed by atoms with E-state index in [-0.39, 0.29) is 11.5 Å². The molecule has 0 aliphatic rings. The minimum atomic E-state index is -4.14. The topological polar surface area (TPSA) is 119 Å². The standard InChI is InChI=1S/C12H12N4O4S/c1-15(12-4-2-3-7-14-12)21(19,20)11-8-9(13)5-6-10(11)16(17)18/h2-8H,13H2,1H3. The summed E-state index contributed by atoms with van der Waals surface area (Å²) in [6.45, 7) is 0. The van der Waals surface area contributed by atoms with E-state index >= 15 is 0 Å². The van der Waals surface area contributed by atoms with Crippen molar-refractivity contribution in [2.75, 3.05) is 17.1 Å². The predicted molar refractivity (Wildman–Crippen MR) is 77.3 cm³/mol. The fourth-order valence-corrected chi connectivity index (χ4v) is 3.04. The van der Waals surface area contributed by atoms with E-state index < -0.39 is 25.5 Å². The fraction of sp³-hybridized carbons (Fsp3) is 0.0833. The van der Waals surface area contributed by atoms with Gasteiger partial charge in [0.15, 0.2) is 4.90 Å². The summed E-state index contributed by atoms with van der Waals surface area (Å²) >= 11 is 0. The molecule has 1 heterocycles. The molecule has 21 heavy (non-hydrogen) atoms. The van der Waals surface area contributed by atoms with Crippen molar-refractivity contribution in [3.63, 3.8) is 0 Å². The van der Waals surface area contributed by atoms with Gasteiger partial charge >= 0.3 is 0 Å². The predicted octanol–water partition coefficient (Wildman–Crippen LogP) is 1.40. The molecular formula is C12H12N4O4S. The second kappa shape index (κ2) is 5.37. The molecule has 0 fully saturated rings. The van der Waals surface area contributed by atoms with E-state index in [9.17, 15) is 18.5 Å². The molecule has 0 saturated carbocycles. The summed E-state index contributed by atoms with van der Waals surface area (Å²) in [7, 11) is -2.87. The summed E-state index contributed by atoms with van der Waals surface area (Å²) in [6.07, 6.45) is 1.43. The molecule has 2 N–H and O–H groups in total. The smallest absolute Gasteiger partial charge is 0.290 e. The summed E-state index contributed by atoms with van der Waals surface area (Å²) in [4.78, 5) is 13.7. The molecule has 0 atom stereocenters. The lowest BCUT2D eigenvalue weighted by Crippen LogP contribution is -2.28. The van der Waals surface area contributed by atoms with Crippen molar-refractivity contribution in [3.8, 4) is 0 Å². The number of anilines is 2. The van der Waals surface area contributed by atoms with Gasteiger partial charge in [-0.1, -0.05) is 6.07 Å². The Labute approximate surface area is 121 Å². The number of rotatable bonds is 4. The van der Waals surface area contributed by atoms with E-state index in [1.807, 2.05) is 0 Å². The number of nitro benzene ring substituents is 1. The molecular weight excluding hydrogens is 296 g/mol. The minimum Gasteiger partial charge on any atom is -0.399 e. The highest BCUT2D eigenvalue weighted by Gasteiger charge is 2.30. The van der Waals surface area contributed by atoms with Gasteiger partial charge in [-0.15, -0.1) is 0 Å². The molecule has 0 saturated heterocycles. The van der Waals surface area contributed by atoms with Gasteiger partial charge in [-0.25, -0.2) is 13.4 Å². The number of nitrogens with two attached hydrogens (primary N) is 1. The summed E-state index contributed by atoms with van der Waals surface area (Å²) < 4.78 is 25.9. The second-order valence-corrected chi connectivity index (χ2v) is 6.08. The van der Waals surface area contributed by atoms with Crippen LogP contribution in [0, 0.1) is 10.1 Å². The third kappa shape index (κ3) is 2.77. The molecule has 8 nitrogen and oxygen atoms in total. The van der Waals surface area contributed by atoms with E-state index in [1.54, 1.807) is 12.1 Å². The van der Waals surface area contributed by atoms with Crippen LogP contribution in [0.25, 0.3) is 0 Å². The molecule has 0 radical (unpaired) electrons. The van der Waals surface area contributed by atoms with Gasteiger partial charge in [-0.2, -0.15) is 0 Å². The molecule has 1 aromatic carbocycles. The molecule has 110 valence electrons. The number of nitrogen functional groups attached to an aromatic ring is 1. The number of sulfonamides is 1. The van der Waals surface area contributed by atoms with Crippen molar-refractivity contribution in [1.82, 2.24) is 4.98 Å². The highest BCUT2D eigenvalue weighted by atomic mass is 32.2. The van der Waals surface area contributed by atoms with Crippen molar-refractivity contribution >= 4 is 27.2 Å². The van der Waals surface area contributed by atoms with Crippen molar-refractivity contribution in [2.45, 2.75) is 4.90 Å². The normalized spacial score (nSPS) is 11.1. The van der Waals surface area contributed by atoms with E-state index in [2.05, 4.69) is 4.98 Å². The minimum absolute atomic E-state index is 0.119. The Kier molecular flexibility index (Phi) is 3.76. The molecule has 0 aliphatic carbocycles. The van der Waals surface area contributed by atoms with Crippen LogP contribution < -0.4 is 10.0 Å². The zero-order valence-corrected chi connectivity index (χ0v) is 11.8. The Morgan fingerprint density at radius 2 is 2.00 bits per heavy atom. The van der Waals surface area contributed by atoms with Gasteiger partial charge < -0.3 is 5.73 Å². The van der Waals surface area contributed by atoms with Crippen LogP contribution in [0.5, 0.6) is 0 Å². The zero-order chi connectivity index (χ0) is 15.6. The van der Waals surface area contributed by atoms with Crippen LogP contribution in [0.15, 0.2) is 47.5 Å². The lowest BCUT2D eigenvalue weighted by molar-refractivity contribution is -0.387. The van der Waals surface area contributed by atoms with Crippen molar-refractivity contribution in [3.05, 3.63) is 52.7 Å². The van der Waals surface area contributed by atoms with Crippen LogP contribution in [0.3, 0.4) is 0 Å². The first-order chi connectivity index (χ1) is 9.84.